The van der Waals surface area contributed by atoms with E-state index in [1.54, 1.807) is 0 Å². The van der Waals surface area contributed by atoms with E-state index in [2.05, 4.69) is 4.74 Å². The second-order valence-corrected chi connectivity index (χ2v) is 11.5. The highest BCUT2D eigenvalue weighted by Crippen LogP contribution is 2.38. The highest BCUT2D eigenvalue weighted by Gasteiger charge is 2.39. The van der Waals surface area contributed by atoms with Crippen LogP contribution in [-0.2, 0) is 24.6 Å². The molecule has 1 aliphatic heterocycles. The minimum absolute atomic E-state index is 0.0199. The summed E-state index contributed by atoms with van der Waals surface area (Å²) in [6.45, 7) is 1.16. The maximum absolute atomic E-state index is 12.8. The molecule has 10 heteroatoms. The zero-order chi connectivity index (χ0) is 20.5. The third-order valence-corrected chi connectivity index (χ3v) is 8.74. The van der Waals surface area contributed by atoms with Gasteiger partial charge in [-0.15, -0.1) is 0 Å². The summed E-state index contributed by atoms with van der Waals surface area (Å²) in [5.41, 5.74) is 0.163. The second kappa shape index (κ2) is 8.00. The van der Waals surface area contributed by atoms with Crippen LogP contribution in [0.3, 0.4) is 0 Å². The van der Waals surface area contributed by atoms with Crippen molar-refractivity contribution in [1.29, 1.82) is 0 Å². The Balaban J connectivity index is 1.74. The number of ether oxygens (including phenoxy) is 2. The number of sulfonamides is 1. The lowest BCUT2D eigenvalue weighted by Gasteiger charge is -2.30. The van der Waals surface area contributed by atoms with Gasteiger partial charge in [-0.2, -0.15) is 0 Å². The van der Waals surface area contributed by atoms with Crippen molar-refractivity contribution in [3.63, 3.8) is 0 Å². The molecule has 0 bridgehead atoms. The summed E-state index contributed by atoms with van der Waals surface area (Å²) >= 11 is 0. The molecule has 0 radical (unpaired) electrons. The standard InChI is InChI=1S/C18H25NO7S2/c1-25-18(20)14-3-6-16(17(11-14)28(23,24)15-4-5-15)26-12-13-7-9-19(10-8-13)27(2,21)22/h3,6,11,13,15H,4-5,7-10,12H2,1-2H3. The van der Waals surface area contributed by atoms with Gasteiger partial charge in [0.1, 0.15) is 10.6 Å². The lowest BCUT2D eigenvalue weighted by molar-refractivity contribution is 0.0600. The number of carbonyl (C=O) groups excluding carboxylic acids is 1. The van der Waals surface area contributed by atoms with E-state index in [4.69, 9.17) is 4.74 Å². The summed E-state index contributed by atoms with van der Waals surface area (Å²) in [4.78, 5) is 11.8. The normalized spacial score (nSPS) is 19.4. The number of hydrogen-bond donors (Lipinski definition) is 0. The van der Waals surface area contributed by atoms with Crippen molar-refractivity contribution in [2.24, 2.45) is 5.92 Å². The van der Waals surface area contributed by atoms with Crippen molar-refractivity contribution in [3.8, 4) is 5.75 Å². The van der Waals surface area contributed by atoms with E-state index in [1.807, 2.05) is 0 Å². The average Bonchev–Trinajstić information content (AvgIpc) is 3.51. The van der Waals surface area contributed by atoms with E-state index in [0.29, 0.717) is 45.4 Å². The molecule has 2 fully saturated rings. The fourth-order valence-electron chi connectivity index (χ4n) is 3.27. The lowest BCUT2D eigenvalue weighted by Crippen LogP contribution is -2.39. The Kier molecular flexibility index (Phi) is 6.02. The van der Waals surface area contributed by atoms with Crippen molar-refractivity contribution in [2.75, 3.05) is 33.1 Å². The van der Waals surface area contributed by atoms with E-state index >= 15 is 0 Å². The Morgan fingerprint density at radius 2 is 1.75 bits per heavy atom. The smallest absolute Gasteiger partial charge is 0.337 e. The first kappa shape index (κ1) is 21.1. The number of esters is 1. The predicted molar refractivity (Wildman–Crippen MR) is 103 cm³/mol. The average molecular weight is 432 g/mol. The maximum Gasteiger partial charge on any atom is 0.337 e. The van der Waals surface area contributed by atoms with Gasteiger partial charge in [0.2, 0.25) is 10.0 Å². The fraction of sp³-hybridized carbons (Fsp3) is 0.611. The van der Waals surface area contributed by atoms with Crippen LogP contribution in [0, 0.1) is 5.92 Å². The number of rotatable bonds is 7. The molecule has 3 rings (SSSR count). The van der Waals surface area contributed by atoms with E-state index < -0.39 is 31.1 Å². The first-order valence-corrected chi connectivity index (χ1v) is 12.6. The van der Waals surface area contributed by atoms with Crippen molar-refractivity contribution in [3.05, 3.63) is 23.8 Å². The molecule has 1 aromatic rings. The SMILES string of the molecule is COC(=O)c1ccc(OCC2CCN(S(C)(=O)=O)CC2)c(S(=O)(=O)C2CC2)c1. The number of benzene rings is 1. The number of hydrogen-bond acceptors (Lipinski definition) is 7. The topological polar surface area (TPSA) is 107 Å². The van der Waals surface area contributed by atoms with Gasteiger partial charge in [0.15, 0.2) is 9.84 Å². The van der Waals surface area contributed by atoms with E-state index in [9.17, 15) is 21.6 Å². The zero-order valence-corrected chi connectivity index (χ0v) is 17.6. The number of carbonyl (C=O) groups is 1. The zero-order valence-electron chi connectivity index (χ0n) is 16.0. The molecule has 0 unspecified atom stereocenters. The van der Waals surface area contributed by atoms with Crippen LogP contribution in [0.25, 0.3) is 0 Å². The van der Waals surface area contributed by atoms with Gasteiger partial charge in [0, 0.05) is 13.1 Å². The van der Waals surface area contributed by atoms with Crippen LogP contribution in [0.4, 0.5) is 0 Å². The molecule has 0 N–H and O–H groups in total. The Hall–Kier alpha value is -1.65. The summed E-state index contributed by atoms with van der Waals surface area (Å²) in [5.74, 6) is -0.244. The highest BCUT2D eigenvalue weighted by molar-refractivity contribution is 7.92. The molecule has 156 valence electrons. The van der Waals surface area contributed by atoms with Gasteiger partial charge in [-0.3, -0.25) is 0 Å². The Bertz CT molecular complexity index is 944. The second-order valence-electron chi connectivity index (χ2n) is 7.31. The summed E-state index contributed by atoms with van der Waals surface area (Å²) < 4.78 is 60.7. The summed E-state index contributed by atoms with van der Waals surface area (Å²) in [7, 11) is -5.51. The van der Waals surface area contributed by atoms with Crippen LogP contribution in [0.5, 0.6) is 5.75 Å². The molecule has 0 spiro atoms. The van der Waals surface area contributed by atoms with Gasteiger partial charge >= 0.3 is 5.97 Å². The minimum Gasteiger partial charge on any atom is -0.492 e. The molecular weight excluding hydrogens is 406 g/mol. The van der Waals surface area contributed by atoms with Gasteiger partial charge in [-0.05, 0) is 49.8 Å². The summed E-state index contributed by atoms with van der Waals surface area (Å²) in [6, 6.07) is 4.30. The van der Waals surface area contributed by atoms with E-state index in [1.165, 1.54) is 35.9 Å². The van der Waals surface area contributed by atoms with E-state index in [-0.39, 0.29) is 22.1 Å². The first-order chi connectivity index (χ1) is 13.1. The Morgan fingerprint density at radius 1 is 1.11 bits per heavy atom. The number of nitrogens with zero attached hydrogens (tertiary/aromatic N) is 1. The van der Waals surface area contributed by atoms with Crippen LogP contribution in [0.1, 0.15) is 36.0 Å². The molecular formula is C18H25NO7S2. The summed E-state index contributed by atoms with van der Waals surface area (Å²) in [6.07, 6.45) is 3.71. The fourth-order valence-corrected chi connectivity index (χ4v) is 5.96. The molecule has 1 saturated carbocycles. The number of piperidine rings is 1. The monoisotopic (exact) mass is 431 g/mol. The predicted octanol–water partition coefficient (Wildman–Crippen LogP) is 1.46. The third kappa shape index (κ3) is 4.66. The van der Waals surface area contributed by atoms with Crippen LogP contribution in [-0.4, -0.2) is 65.4 Å². The van der Waals surface area contributed by atoms with Crippen LogP contribution >= 0.6 is 0 Å². The molecule has 1 saturated heterocycles. The van der Waals surface area contributed by atoms with Crippen LogP contribution in [0.15, 0.2) is 23.1 Å². The molecule has 1 aromatic carbocycles. The van der Waals surface area contributed by atoms with Gasteiger partial charge in [0.05, 0.1) is 30.8 Å². The van der Waals surface area contributed by atoms with E-state index in [0.717, 1.165) is 0 Å². The van der Waals surface area contributed by atoms with Crippen molar-refractivity contribution in [1.82, 2.24) is 4.31 Å². The molecule has 1 heterocycles. The lowest BCUT2D eigenvalue weighted by atomic mass is 9.99. The van der Waals surface area contributed by atoms with Crippen molar-refractivity contribution in [2.45, 2.75) is 35.8 Å². The van der Waals surface area contributed by atoms with Gasteiger partial charge < -0.3 is 9.47 Å². The Labute approximate surface area is 165 Å². The Morgan fingerprint density at radius 3 is 2.29 bits per heavy atom. The molecule has 1 aliphatic carbocycles. The van der Waals surface area contributed by atoms with Crippen LogP contribution in [0.2, 0.25) is 0 Å². The maximum atomic E-state index is 12.8. The van der Waals surface area contributed by atoms with Gasteiger partial charge in [-0.1, -0.05) is 0 Å². The summed E-state index contributed by atoms with van der Waals surface area (Å²) in [5, 5.41) is -0.430. The highest BCUT2D eigenvalue weighted by atomic mass is 32.2. The largest absolute Gasteiger partial charge is 0.492 e. The molecule has 8 nitrogen and oxygen atoms in total. The minimum atomic E-state index is -3.56. The third-order valence-electron chi connectivity index (χ3n) is 5.15. The molecule has 0 amide bonds. The molecule has 28 heavy (non-hydrogen) atoms. The quantitative estimate of drug-likeness (QED) is 0.602. The van der Waals surface area contributed by atoms with Crippen molar-refractivity contribution < 1.29 is 31.1 Å². The van der Waals surface area contributed by atoms with Crippen LogP contribution < -0.4 is 4.74 Å². The number of methoxy groups -OCH3 is 1. The molecule has 2 aliphatic rings. The molecule has 0 aromatic heterocycles. The first-order valence-electron chi connectivity index (χ1n) is 9.17. The molecule has 0 atom stereocenters. The van der Waals surface area contributed by atoms with Crippen molar-refractivity contribution >= 4 is 25.8 Å². The van der Waals surface area contributed by atoms with Gasteiger partial charge in [0.25, 0.3) is 0 Å². The number of sulfone groups is 1. The van der Waals surface area contributed by atoms with Gasteiger partial charge in [-0.25, -0.2) is 25.9 Å².